The van der Waals surface area contributed by atoms with Crippen LogP contribution in [0.1, 0.15) is 40.0 Å². The van der Waals surface area contributed by atoms with Gasteiger partial charge in [0.15, 0.2) is 5.75 Å². The second kappa shape index (κ2) is 10.7. The van der Waals surface area contributed by atoms with Crippen LogP contribution in [-0.2, 0) is 14.3 Å². The first-order valence-electron chi connectivity index (χ1n) is 11.4. The molecule has 4 rings (SSSR count). The number of aliphatic hydroxyl groups excluding tert-OH is 1. The van der Waals surface area contributed by atoms with Gasteiger partial charge in [-0.2, -0.15) is 0 Å². The Kier molecular flexibility index (Phi) is 7.57. The molecule has 1 fully saturated rings. The molecule has 0 aliphatic carbocycles. The van der Waals surface area contributed by atoms with E-state index in [9.17, 15) is 19.5 Å². The number of hydrogen-bond acceptors (Lipinski definition) is 6. The third-order valence-corrected chi connectivity index (χ3v) is 6.50. The molecule has 1 aliphatic heterocycles. The lowest BCUT2D eigenvalue weighted by atomic mass is 9.94. The molecule has 37 heavy (non-hydrogen) atoms. The molecule has 0 saturated carbocycles. The Morgan fingerprint density at radius 3 is 2.22 bits per heavy atom. The van der Waals surface area contributed by atoms with Crippen LogP contribution in [0.2, 0.25) is 10.0 Å². The van der Waals surface area contributed by atoms with Gasteiger partial charge in [0.25, 0.3) is 11.7 Å². The summed E-state index contributed by atoms with van der Waals surface area (Å²) in [6.07, 6.45) is 0. The number of carbonyl (C=O) groups excluding carboxylic acids is 3. The molecular weight excluding hydrogens is 517 g/mol. The largest absolute Gasteiger partial charge is 0.507 e. The van der Waals surface area contributed by atoms with E-state index in [0.29, 0.717) is 16.8 Å². The standard InChI is InChI=1S/C28H23Cl2NO6/c1-4-37-28(35)16-8-10-19(11-9-16)31-23(17-7-5-6-15(2)12-17)22(25(33)27(31)34)24(32)18-13-20(29)26(36-3)21(30)14-18/h5-14,23,32H,4H2,1-3H3/b24-22+. The summed E-state index contributed by atoms with van der Waals surface area (Å²) in [4.78, 5) is 40.1. The van der Waals surface area contributed by atoms with Crippen LogP contribution in [0, 0.1) is 6.92 Å². The SMILES string of the molecule is CCOC(=O)c1ccc(N2C(=O)C(=O)/C(=C(/O)c3cc(Cl)c(OC)c(Cl)c3)C2c2cccc(C)c2)cc1. The van der Waals surface area contributed by atoms with E-state index in [4.69, 9.17) is 32.7 Å². The zero-order valence-electron chi connectivity index (χ0n) is 20.2. The van der Waals surface area contributed by atoms with Crippen molar-refractivity contribution >= 4 is 52.3 Å². The summed E-state index contributed by atoms with van der Waals surface area (Å²) < 4.78 is 10.2. The van der Waals surface area contributed by atoms with Crippen molar-refractivity contribution in [1.29, 1.82) is 0 Å². The zero-order chi connectivity index (χ0) is 26.9. The van der Waals surface area contributed by atoms with Crippen LogP contribution in [0.4, 0.5) is 5.69 Å². The average Bonchev–Trinajstić information content (AvgIpc) is 3.14. The highest BCUT2D eigenvalue weighted by atomic mass is 35.5. The number of hydrogen-bond donors (Lipinski definition) is 1. The number of nitrogens with zero attached hydrogens (tertiary/aromatic N) is 1. The Balaban J connectivity index is 1.90. The minimum Gasteiger partial charge on any atom is -0.507 e. The van der Waals surface area contributed by atoms with E-state index < -0.39 is 29.5 Å². The quantitative estimate of drug-likeness (QED) is 0.176. The molecule has 3 aromatic carbocycles. The fourth-order valence-corrected chi connectivity index (χ4v) is 4.92. The topological polar surface area (TPSA) is 93.1 Å². The number of Topliss-reactive ketones (excluding diaryl/α,β-unsaturated/α-hetero) is 1. The van der Waals surface area contributed by atoms with Crippen LogP contribution in [0.25, 0.3) is 5.76 Å². The maximum atomic E-state index is 13.4. The van der Waals surface area contributed by atoms with Gasteiger partial charge in [-0.1, -0.05) is 53.0 Å². The average molecular weight is 540 g/mol. The van der Waals surface area contributed by atoms with E-state index >= 15 is 0 Å². The number of amides is 1. The predicted octanol–water partition coefficient (Wildman–Crippen LogP) is 6.11. The van der Waals surface area contributed by atoms with Gasteiger partial charge in [0.1, 0.15) is 5.76 Å². The van der Waals surface area contributed by atoms with Gasteiger partial charge >= 0.3 is 5.97 Å². The molecule has 1 saturated heterocycles. The third-order valence-electron chi connectivity index (χ3n) is 5.93. The Bertz CT molecular complexity index is 1410. The minimum absolute atomic E-state index is 0.123. The van der Waals surface area contributed by atoms with Crippen molar-refractivity contribution in [3.05, 3.63) is 98.5 Å². The van der Waals surface area contributed by atoms with Crippen molar-refractivity contribution in [3.63, 3.8) is 0 Å². The molecule has 0 spiro atoms. The summed E-state index contributed by atoms with van der Waals surface area (Å²) in [5, 5.41) is 11.6. The number of rotatable bonds is 6. The number of anilines is 1. The summed E-state index contributed by atoms with van der Waals surface area (Å²) in [6, 6.07) is 15.3. The second-order valence-electron chi connectivity index (χ2n) is 8.32. The lowest BCUT2D eigenvalue weighted by Gasteiger charge is -2.26. The first kappa shape index (κ1) is 26.3. The number of aryl methyl sites for hydroxylation is 1. The molecular formula is C28H23Cl2NO6. The lowest BCUT2D eigenvalue weighted by molar-refractivity contribution is -0.132. The van der Waals surface area contributed by atoms with Gasteiger partial charge in [-0.3, -0.25) is 14.5 Å². The van der Waals surface area contributed by atoms with E-state index in [1.807, 2.05) is 19.1 Å². The summed E-state index contributed by atoms with van der Waals surface area (Å²) in [6.45, 7) is 3.81. The molecule has 0 radical (unpaired) electrons. The second-order valence-corrected chi connectivity index (χ2v) is 9.14. The Hall–Kier alpha value is -3.81. The van der Waals surface area contributed by atoms with Gasteiger partial charge < -0.3 is 14.6 Å². The molecule has 9 heteroatoms. The van der Waals surface area contributed by atoms with E-state index in [0.717, 1.165) is 5.56 Å². The molecule has 1 atom stereocenters. The van der Waals surface area contributed by atoms with Crippen molar-refractivity contribution in [3.8, 4) is 5.75 Å². The molecule has 3 aromatic rings. The number of benzene rings is 3. The number of halogens is 2. The van der Waals surface area contributed by atoms with Gasteiger partial charge in [0.05, 0.1) is 40.9 Å². The maximum Gasteiger partial charge on any atom is 0.338 e. The number of esters is 1. The van der Waals surface area contributed by atoms with Gasteiger partial charge in [0, 0.05) is 11.3 Å². The molecule has 1 unspecified atom stereocenters. The van der Waals surface area contributed by atoms with E-state index in [-0.39, 0.29) is 33.5 Å². The summed E-state index contributed by atoms with van der Waals surface area (Å²) in [5.41, 5.74) is 2.21. The van der Waals surface area contributed by atoms with Gasteiger partial charge in [0.2, 0.25) is 0 Å². The minimum atomic E-state index is -0.951. The van der Waals surface area contributed by atoms with Crippen molar-refractivity contribution in [2.24, 2.45) is 0 Å². The van der Waals surface area contributed by atoms with Gasteiger partial charge in [-0.15, -0.1) is 0 Å². The molecule has 190 valence electrons. The molecule has 0 bridgehead atoms. The summed E-state index contributed by atoms with van der Waals surface area (Å²) >= 11 is 12.5. The molecule has 1 aliphatic rings. The van der Waals surface area contributed by atoms with E-state index in [1.54, 1.807) is 31.2 Å². The Morgan fingerprint density at radius 2 is 1.65 bits per heavy atom. The molecule has 1 amide bonds. The van der Waals surface area contributed by atoms with E-state index in [2.05, 4.69) is 0 Å². The normalized spacial score (nSPS) is 16.7. The van der Waals surface area contributed by atoms with Crippen LogP contribution >= 0.6 is 23.2 Å². The number of ketones is 1. The first-order chi connectivity index (χ1) is 17.7. The van der Waals surface area contributed by atoms with Gasteiger partial charge in [-0.25, -0.2) is 4.79 Å². The number of aliphatic hydroxyl groups is 1. The highest BCUT2D eigenvalue weighted by molar-refractivity contribution is 6.51. The number of ether oxygens (including phenoxy) is 2. The fourth-order valence-electron chi connectivity index (χ4n) is 4.27. The number of methoxy groups -OCH3 is 1. The van der Waals surface area contributed by atoms with Crippen molar-refractivity contribution in [2.75, 3.05) is 18.6 Å². The van der Waals surface area contributed by atoms with Crippen LogP contribution in [0.3, 0.4) is 0 Å². The molecule has 1 N–H and O–H groups in total. The van der Waals surface area contributed by atoms with E-state index in [1.165, 1.54) is 36.3 Å². The van der Waals surface area contributed by atoms with Crippen LogP contribution in [0.15, 0.2) is 66.2 Å². The lowest BCUT2D eigenvalue weighted by Crippen LogP contribution is -2.29. The highest BCUT2D eigenvalue weighted by Crippen LogP contribution is 2.44. The van der Waals surface area contributed by atoms with Crippen molar-refractivity contribution in [1.82, 2.24) is 0 Å². The van der Waals surface area contributed by atoms with Crippen LogP contribution in [-0.4, -0.2) is 36.5 Å². The van der Waals surface area contributed by atoms with Crippen LogP contribution in [0.5, 0.6) is 5.75 Å². The summed E-state index contributed by atoms with van der Waals surface area (Å²) in [7, 11) is 1.41. The molecule has 0 aromatic heterocycles. The Labute approximate surface area is 223 Å². The first-order valence-corrected chi connectivity index (χ1v) is 12.1. The van der Waals surface area contributed by atoms with Crippen molar-refractivity contribution < 1.29 is 29.0 Å². The molecule has 7 nitrogen and oxygen atoms in total. The molecule has 1 heterocycles. The van der Waals surface area contributed by atoms with Crippen molar-refractivity contribution in [2.45, 2.75) is 19.9 Å². The summed E-state index contributed by atoms with van der Waals surface area (Å²) in [5.74, 6) is -2.41. The monoisotopic (exact) mass is 539 g/mol. The maximum absolute atomic E-state index is 13.4. The van der Waals surface area contributed by atoms with Crippen LogP contribution < -0.4 is 9.64 Å². The smallest absolute Gasteiger partial charge is 0.338 e. The fraction of sp³-hybridized carbons (Fsp3) is 0.179. The third kappa shape index (κ3) is 4.92. The zero-order valence-corrected chi connectivity index (χ0v) is 21.8. The highest BCUT2D eigenvalue weighted by Gasteiger charge is 2.47. The number of carbonyl (C=O) groups is 3. The Morgan fingerprint density at radius 1 is 1.00 bits per heavy atom. The van der Waals surface area contributed by atoms with Gasteiger partial charge in [-0.05, 0) is 55.8 Å². The predicted molar refractivity (Wildman–Crippen MR) is 141 cm³/mol.